The number of nitrogens with two attached hydrogens (primary N) is 1. The molecular formula is C17H19ClF3N3OS. The molecule has 4 nitrogen and oxygen atoms in total. The third kappa shape index (κ3) is 5.18. The van der Waals surface area contributed by atoms with E-state index in [0.29, 0.717) is 23.5 Å². The zero-order valence-electron chi connectivity index (χ0n) is 13.8. The minimum absolute atomic E-state index is 0. The van der Waals surface area contributed by atoms with Crippen molar-refractivity contribution < 1.29 is 18.0 Å². The van der Waals surface area contributed by atoms with Gasteiger partial charge in [-0.05, 0) is 30.9 Å². The highest BCUT2D eigenvalue weighted by molar-refractivity contribution is 7.15. The molecule has 3 N–H and O–H groups in total. The van der Waals surface area contributed by atoms with Gasteiger partial charge in [0.1, 0.15) is 0 Å². The van der Waals surface area contributed by atoms with Crippen molar-refractivity contribution in [1.29, 1.82) is 0 Å². The highest BCUT2D eigenvalue weighted by atomic mass is 35.5. The summed E-state index contributed by atoms with van der Waals surface area (Å²) in [4.78, 5) is 17.1. The number of nitrogens with one attached hydrogen (secondary N) is 1. The Morgan fingerprint density at radius 2 is 2.12 bits per heavy atom. The largest absolute Gasteiger partial charge is 0.416 e. The second kappa shape index (κ2) is 8.37. The maximum absolute atomic E-state index is 12.8. The fraction of sp³-hybridized carbons (Fsp3) is 0.412. The molecule has 0 spiro atoms. The van der Waals surface area contributed by atoms with Crippen molar-refractivity contribution in [2.45, 2.75) is 37.9 Å². The number of benzene rings is 1. The van der Waals surface area contributed by atoms with Crippen molar-refractivity contribution in [3.05, 3.63) is 46.5 Å². The van der Waals surface area contributed by atoms with Gasteiger partial charge in [-0.2, -0.15) is 13.2 Å². The second-order valence-corrected chi connectivity index (χ2v) is 7.38. The van der Waals surface area contributed by atoms with Crippen LogP contribution < -0.4 is 11.1 Å². The van der Waals surface area contributed by atoms with E-state index in [1.54, 1.807) is 12.3 Å². The number of thiazole rings is 1. The Kier molecular flexibility index (Phi) is 6.65. The number of rotatable bonds is 4. The topological polar surface area (TPSA) is 68.0 Å². The number of aromatic nitrogens is 1. The molecule has 1 aromatic heterocycles. The fourth-order valence-corrected chi connectivity index (χ4v) is 3.82. The lowest BCUT2D eigenvalue weighted by molar-refractivity contribution is -0.137. The van der Waals surface area contributed by atoms with E-state index in [9.17, 15) is 18.0 Å². The number of amides is 1. The lowest BCUT2D eigenvalue weighted by Crippen LogP contribution is -2.23. The summed E-state index contributed by atoms with van der Waals surface area (Å²) in [6, 6.07) is 5.30. The number of halogens is 4. The average molecular weight is 406 g/mol. The summed E-state index contributed by atoms with van der Waals surface area (Å²) in [6.07, 6.45) is -0.141. The van der Waals surface area contributed by atoms with Crippen molar-refractivity contribution in [3.63, 3.8) is 0 Å². The predicted octanol–water partition coefficient (Wildman–Crippen LogP) is 4.24. The van der Waals surface area contributed by atoms with E-state index in [-0.39, 0.29) is 30.3 Å². The van der Waals surface area contributed by atoms with Gasteiger partial charge in [-0.25, -0.2) is 4.98 Å². The second-order valence-electron chi connectivity index (χ2n) is 6.27. The number of alkyl halides is 3. The van der Waals surface area contributed by atoms with E-state index >= 15 is 0 Å². The third-order valence-corrected chi connectivity index (χ3v) is 5.17. The first kappa shape index (κ1) is 20.7. The van der Waals surface area contributed by atoms with E-state index in [0.717, 1.165) is 29.9 Å². The van der Waals surface area contributed by atoms with Crippen LogP contribution in [0.25, 0.3) is 0 Å². The molecule has 0 saturated heterocycles. The molecule has 1 aliphatic rings. The molecule has 1 aromatic carbocycles. The van der Waals surface area contributed by atoms with E-state index in [1.807, 2.05) is 0 Å². The summed E-state index contributed by atoms with van der Waals surface area (Å²) in [5.41, 5.74) is 5.70. The molecule has 26 heavy (non-hydrogen) atoms. The maximum atomic E-state index is 12.8. The first-order valence-corrected chi connectivity index (χ1v) is 8.80. The summed E-state index contributed by atoms with van der Waals surface area (Å²) in [6.45, 7) is 0. The van der Waals surface area contributed by atoms with Gasteiger partial charge in [0, 0.05) is 29.5 Å². The van der Waals surface area contributed by atoms with Crippen molar-refractivity contribution in [2.24, 2.45) is 11.7 Å². The minimum atomic E-state index is -4.36. The van der Waals surface area contributed by atoms with Crippen LogP contribution in [0.1, 0.15) is 35.3 Å². The third-order valence-electron chi connectivity index (χ3n) is 4.26. The average Bonchev–Trinajstić information content (AvgIpc) is 3.16. The first-order valence-electron chi connectivity index (χ1n) is 7.98. The van der Waals surface area contributed by atoms with Crippen molar-refractivity contribution in [3.8, 4) is 0 Å². The van der Waals surface area contributed by atoms with Gasteiger partial charge in [0.15, 0.2) is 5.13 Å². The molecule has 1 amide bonds. The molecule has 1 saturated carbocycles. The molecule has 1 heterocycles. The zero-order valence-corrected chi connectivity index (χ0v) is 15.4. The van der Waals surface area contributed by atoms with Gasteiger partial charge in [0.05, 0.1) is 5.56 Å². The van der Waals surface area contributed by atoms with E-state index in [2.05, 4.69) is 10.3 Å². The Labute approximate surface area is 159 Å². The Morgan fingerprint density at radius 3 is 2.77 bits per heavy atom. The van der Waals surface area contributed by atoms with Crippen LogP contribution in [0.15, 0.2) is 30.5 Å². The van der Waals surface area contributed by atoms with Crippen LogP contribution >= 0.6 is 23.7 Å². The normalized spacial score (nSPS) is 19.8. The quantitative estimate of drug-likeness (QED) is 0.799. The van der Waals surface area contributed by atoms with Crippen LogP contribution in [0, 0.1) is 5.92 Å². The van der Waals surface area contributed by atoms with E-state index < -0.39 is 11.7 Å². The molecule has 142 valence electrons. The van der Waals surface area contributed by atoms with Crippen LogP contribution in [0.3, 0.4) is 0 Å². The lowest BCUT2D eigenvalue weighted by atomic mass is 10.1. The summed E-state index contributed by atoms with van der Waals surface area (Å²) in [5, 5.41) is 3.24. The van der Waals surface area contributed by atoms with Gasteiger partial charge in [-0.3, -0.25) is 4.79 Å². The number of hydrogen-bond donors (Lipinski definition) is 2. The molecule has 2 atom stereocenters. The minimum Gasteiger partial charge on any atom is -0.328 e. The standard InChI is InChI=1S/C17H18F3N3OS.ClH/c18-17(19,20)12-3-1-2-10(6-12)7-14-9-22-16(25-14)23-15(24)11-4-5-13(21)8-11;/h1-3,6,9,11,13H,4-5,7-8,21H2,(H,22,23,24);1H. The fourth-order valence-electron chi connectivity index (χ4n) is 2.97. The van der Waals surface area contributed by atoms with E-state index in [4.69, 9.17) is 5.73 Å². The smallest absolute Gasteiger partial charge is 0.328 e. The summed E-state index contributed by atoms with van der Waals surface area (Å²) < 4.78 is 38.3. The number of carbonyl (C=O) groups is 1. The van der Waals surface area contributed by atoms with Crippen molar-refractivity contribution in [1.82, 2.24) is 4.98 Å². The molecule has 1 fully saturated rings. The highest BCUT2D eigenvalue weighted by Crippen LogP contribution is 2.31. The molecule has 0 radical (unpaired) electrons. The number of carbonyl (C=O) groups excluding carboxylic acids is 1. The molecule has 1 aliphatic carbocycles. The van der Waals surface area contributed by atoms with E-state index in [1.165, 1.54) is 17.4 Å². The Balaban J connectivity index is 0.00000243. The van der Waals surface area contributed by atoms with Gasteiger partial charge in [-0.1, -0.05) is 18.2 Å². The van der Waals surface area contributed by atoms with Gasteiger partial charge in [-0.15, -0.1) is 23.7 Å². The summed E-state index contributed by atoms with van der Waals surface area (Å²) in [7, 11) is 0. The Hall–Kier alpha value is -1.64. The van der Waals surface area contributed by atoms with Crippen molar-refractivity contribution in [2.75, 3.05) is 5.32 Å². The molecule has 0 aliphatic heterocycles. The van der Waals surface area contributed by atoms with Gasteiger partial charge in [0.2, 0.25) is 5.91 Å². The molecule has 9 heteroatoms. The Morgan fingerprint density at radius 1 is 1.35 bits per heavy atom. The van der Waals surface area contributed by atoms with Gasteiger partial charge in [0.25, 0.3) is 0 Å². The first-order chi connectivity index (χ1) is 11.8. The molecular weight excluding hydrogens is 387 g/mol. The molecule has 2 aromatic rings. The number of anilines is 1. The number of nitrogens with zero attached hydrogens (tertiary/aromatic N) is 1. The SMILES string of the molecule is Cl.NC1CCC(C(=O)Nc2ncc(Cc3cccc(C(F)(F)F)c3)s2)C1. The Bertz CT molecular complexity index is 766. The predicted molar refractivity (Wildman–Crippen MR) is 97.6 cm³/mol. The molecule has 2 unspecified atom stereocenters. The molecule has 0 bridgehead atoms. The lowest BCUT2D eigenvalue weighted by Gasteiger charge is -2.08. The van der Waals surface area contributed by atoms with Crippen molar-refractivity contribution >= 4 is 34.8 Å². The van der Waals surface area contributed by atoms with Crippen LogP contribution in [0.4, 0.5) is 18.3 Å². The van der Waals surface area contributed by atoms with Crippen LogP contribution in [-0.2, 0) is 17.4 Å². The van der Waals surface area contributed by atoms with Crippen LogP contribution in [-0.4, -0.2) is 16.9 Å². The summed E-state index contributed by atoms with van der Waals surface area (Å²) in [5.74, 6) is -0.182. The van der Waals surface area contributed by atoms with Crippen LogP contribution in [0.2, 0.25) is 0 Å². The summed E-state index contributed by atoms with van der Waals surface area (Å²) >= 11 is 1.27. The maximum Gasteiger partial charge on any atom is 0.416 e. The zero-order chi connectivity index (χ0) is 18.0. The van der Waals surface area contributed by atoms with Crippen LogP contribution in [0.5, 0.6) is 0 Å². The van der Waals surface area contributed by atoms with Gasteiger partial charge >= 0.3 is 6.18 Å². The van der Waals surface area contributed by atoms with Gasteiger partial charge < -0.3 is 11.1 Å². The monoisotopic (exact) mass is 405 g/mol. The molecule has 3 rings (SSSR count). The number of hydrogen-bond acceptors (Lipinski definition) is 4. The highest BCUT2D eigenvalue weighted by Gasteiger charge is 2.30.